The molecular weight excluding hydrogens is 278 g/mol. The van der Waals surface area contributed by atoms with Crippen LogP contribution in [0, 0.1) is 5.92 Å². The Hall–Kier alpha value is -2.30. The molecule has 1 N–H and O–H groups in total. The highest BCUT2D eigenvalue weighted by atomic mass is 16.5. The first-order valence-corrected chi connectivity index (χ1v) is 7.72. The van der Waals surface area contributed by atoms with E-state index in [9.17, 15) is 4.79 Å². The van der Waals surface area contributed by atoms with E-state index in [0.717, 1.165) is 36.4 Å². The molecule has 1 aliphatic rings. The van der Waals surface area contributed by atoms with Crippen LogP contribution in [0.2, 0.25) is 0 Å². The monoisotopic (exact) mass is 299 g/mol. The Morgan fingerprint density at radius 3 is 3.05 bits per heavy atom. The third-order valence-corrected chi connectivity index (χ3v) is 4.10. The van der Waals surface area contributed by atoms with E-state index in [1.54, 1.807) is 0 Å². The van der Waals surface area contributed by atoms with Crippen molar-refractivity contribution < 1.29 is 9.53 Å². The highest BCUT2D eigenvalue weighted by Gasteiger charge is 2.25. The first kappa shape index (κ1) is 14.6. The first-order valence-electron chi connectivity index (χ1n) is 7.72. The third-order valence-electron chi connectivity index (χ3n) is 4.10. The second-order valence-electron chi connectivity index (χ2n) is 5.73. The van der Waals surface area contributed by atoms with Gasteiger partial charge in [0.15, 0.2) is 0 Å². The second kappa shape index (κ2) is 6.64. The van der Waals surface area contributed by atoms with Gasteiger partial charge in [-0.2, -0.15) is 5.10 Å². The number of para-hydroxylation sites is 1. The van der Waals surface area contributed by atoms with Gasteiger partial charge >= 0.3 is 0 Å². The van der Waals surface area contributed by atoms with Crippen molar-refractivity contribution in [1.29, 1.82) is 0 Å². The lowest BCUT2D eigenvalue weighted by Crippen LogP contribution is -2.39. The molecular formula is C17H21N3O2. The van der Waals surface area contributed by atoms with Crippen LogP contribution >= 0.6 is 0 Å². The minimum absolute atomic E-state index is 0.0304. The zero-order chi connectivity index (χ0) is 15.4. The minimum atomic E-state index is -0.0304. The molecule has 1 atom stereocenters. The summed E-state index contributed by atoms with van der Waals surface area (Å²) in [5.74, 6) is 1.02. The smallest absolute Gasteiger partial charge is 0.225 e. The van der Waals surface area contributed by atoms with Crippen molar-refractivity contribution in [1.82, 2.24) is 15.1 Å². The van der Waals surface area contributed by atoms with E-state index in [0.29, 0.717) is 13.2 Å². The van der Waals surface area contributed by atoms with Gasteiger partial charge in [0, 0.05) is 36.7 Å². The number of nitrogens with zero attached hydrogens (tertiary/aromatic N) is 2. The molecule has 1 aromatic heterocycles. The lowest BCUT2D eigenvalue weighted by atomic mass is 10.0. The first-order chi connectivity index (χ1) is 10.7. The quantitative estimate of drug-likeness (QED) is 0.922. The molecule has 1 aromatic carbocycles. The summed E-state index contributed by atoms with van der Waals surface area (Å²) in [7, 11) is 0. The van der Waals surface area contributed by atoms with E-state index in [-0.39, 0.29) is 11.8 Å². The number of H-pyrrole nitrogens is 1. The van der Waals surface area contributed by atoms with E-state index >= 15 is 0 Å². The van der Waals surface area contributed by atoms with Crippen molar-refractivity contribution in [3.63, 3.8) is 0 Å². The Labute approximate surface area is 130 Å². The van der Waals surface area contributed by atoms with E-state index in [4.69, 9.17) is 4.74 Å². The summed E-state index contributed by atoms with van der Waals surface area (Å²) in [6, 6.07) is 9.70. The Morgan fingerprint density at radius 2 is 2.23 bits per heavy atom. The molecule has 0 fully saturated rings. The zero-order valence-corrected chi connectivity index (χ0v) is 12.8. The number of rotatable bonds is 5. The Bertz CT molecular complexity index is 624. The van der Waals surface area contributed by atoms with Gasteiger partial charge in [-0.1, -0.05) is 25.1 Å². The van der Waals surface area contributed by atoms with Crippen LogP contribution in [0.4, 0.5) is 0 Å². The minimum Gasteiger partial charge on any atom is -0.494 e. The predicted molar refractivity (Wildman–Crippen MR) is 83.4 cm³/mol. The number of aromatic amines is 1. The average Bonchev–Trinajstić information content (AvgIpc) is 3.02. The Kier molecular flexibility index (Phi) is 4.42. The number of aromatic nitrogens is 2. The molecule has 5 nitrogen and oxygen atoms in total. The average molecular weight is 299 g/mol. The SMILES string of the molecule is C[C@H](CCOc1ccccc1)C(=O)N1CCc2[nH]ncc2C1. The molecule has 2 aromatic rings. The summed E-state index contributed by atoms with van der Waals surface area (Å²) in [5, 5.41) is 7.03. The molecule has 3 rings (SSSR count). The maximum Gasteiger partial charge on any atom is 0.225 e. The molecule has 1 aliphatic heterocycles. The largest absolute Gasteiger partial charge is 0.494 e. The standard InChI is InChI=1S/C17H21N3O2/c1-13(8-10-22-15-5-3-2-4-6-15)17(21)20-9-7-16-14(12-20)11-18-19-16/h2-6,11,13H,7-10,12H2,1H3,(H,18,19)/t13-/m1/s1. The number of nitrogens with one attached hydrogen (secondary N) is 1. The maximum absolute atomic E-state index is 12.5. The van der Waals surface area contributed by atoms with Gasteiger partial charge in [0.25, 0.3) is 0 Å². The van der Waals surface area contributed by atoms with Crippen LogP contribution in [0.1, 0.15) is 24.6 Å². The van der Waals surface area contributed by atoms with Crippen molar-refractivity contribution in [2.45, 2.75) is 26.3 Å². The normalized spacial score (nSPS) is 15.2. The number of ether oxygens (including phenoxy) is 1. The predicted octanol–water partition coefficient (Wildman–Crippen LogP) is 2.40. The number of hydrogen-bond donors (Lipinski definition) is 1. The Balaban J connectivity index is 1.48. The van der Waals surface area contributed by atoms with Crippen LogP contribution < -0.4 is 4.74 Å². The number of amides is 1. The van der Waals surface area contributed by atoms with E-state index in [1.807, 2.05) is 48.4 Å². The molecule has 0 saturated heterocycles. The number of hydrogen-bond acceptors (Lipinski definition) is 3. The lowest BCUT2D eigenvalue weighted by Gasteiger charge is -2.29. The van der Waals surface area contributed by atoms with E-state index in [1.165, 1.54) is 0 Å². The fraction of sp³-hybridized carbons (Fsp3) is 0.412. The van der Waals surface area contributed by atoms with Gasteiger partial charge in [0.1, 0.15) is 5.75 Å². The van der Waals surface area contributed by atoms with Crippen molar-refractivity contribution in [2.75, 3.05) is 13.2 Å². The molecule has 2 heterocycles. The molecule has 0 aliphatic carbocycles. The molecule has 116 valence electrons. The van der Waals surface area contributed by atoms with Gasteiger partial charge in [0.2, 0.25) is 5.91 Å². The summed E-state index contributed by atoms with van der Waals surface area (Å²) in [4.78, 5) is 14.4. The van der Waals surface area contributed by atoms with Gasteiger partial charge in [-0.05, 0) is 18.6 Å². The second-order valence-corrected chi connectivity index (χ2v) is 5.73. The summed E-state index contributed by atoms with van der Waals surface area (Å²) in [6.07, 6.45) is 3.40. The fourth-order valence-corrected chi connectivity index (χ4v) is 2.72. The zero-order valence-electron chi connectivity index (χ0n) is 12.8. The molecule has 0 radical (unpaired) electrons. The summed E-state index contributed by atoms with van der Waals surface area (Å²) in [5.41, 5.74) is 2.29. The molecule has 0 saturated carbocycles. The Morgan fingerprint density at radius 1 is 1.41 bits per heavy atom. The number of fused-ring (bicyclic) bond motifs is 1. The molecule has 1 amide bonds. The summed E-state index contributed by atoms with van der Waals surface area (Å²) in [6.45, 7) is 3.95. The molecule has 22 heavy (non-hydrogen) atoms. The molecule has 0 spiro atoms. The van der Waals surface area contributed by atoms with Crippen molar-refractivity contribution in [3.05, 3.63) is 47.8 Å². The topological polar surface area (TPSA) is 58.2 Å². The number of carbonyl (C=O) groups is 1. The third kappa shape index (κ3) is 3.30. The summed E-state index contributed by atoms with van der Waals surface area (Å²) >= 11 is 0. The highest BCUT2D eigenvalue weighted by molar-refractivity contribution is 5.78. The van der Waals surface area contributed by atoms with Crippen LogP contribution in [0.3, 0.4) is 0 Å². The molecule has 0 unspecified atom stereocenters. The van der Waals surface area contributed by atoms with Crippen molar-refractivity contribution in [3.8, 4) is 5.75 Å². The maximum atomic E-state index is 12.5. The highest BCUT2D eigenvalue weighted by Crippen LogP contribution is 2.19. The van der Waals surface area contributed by atoms with Crippen LogP contribution in [-0.4, -0.2) is 34.2 Å². The van der Waals surface area contributed by atoms with E-state index < -0.39 is 0 Å². The number of benzene rings is 1. The van der Waals surface area contributed by atoms with Gasteiger partial charge < -0.3 is 9.64 Å². The van der Waals surface area contributed by atoms with Gasteiger partial charge in [-0.25, -0.2) is 0 Å². The van der Waals surface area contributed by atoms with Crippen LogP contribution in [0.25, 0.3) is 0 Å². The van der Waals surface area contributed by atoms with Crippen LogP contribution in [0.15, 0.2) is 36.5 Å². The number of carbonyl (C=O) groups excluding carboxylic acids is 1. The van der Waals surface area contributed by atoms with Crippen LogP contribution in [-0.2, 0) is 17.8 Å². The van der Waals surface area contributed by atoms with Crippen molar-refractivity contribution >= 4 is 5.91 Å². The molecule has 0 bridgehead atoms. The van der Waals surface area contributed by atoms with Gasteiger partial charge in [-0.3, -0.25) is 9.89 Å². The fourth-order valence-electron chi connectivity index (χ4n) is 2.72. The lowest BCUT2D eigenvalue weighted by molar-refractivity contribution is -0.136. The van der Waals surface area contributed by atoms with Crippen molar-refractivity contribution in [2.24, 2.45) is 5.92 Å². The van der Waals surface area contributed by atoms with E-state index in [2.05, 4.69) is 10.2 Å². The summed E-state index contributed by atoms with van der Waals surface area (Å²) < 4.78 is 5.67. The molecule has 5 heteroatoms. The van der Waals surface area contributed by atoms with Gasteiger partial charge in [-0.15, -0.1) is 0 Å². The van der Waals surface area contributed by atoms with Gasteiger partial charge in [0.05, 0.1) is 12.8 Å². The van der Waals surface area contributed by atoms with Crippen LogP contribution in [0.5, 0.6) is 5.75 Å².